The summed E-state index contributed by atoms with van der Waals surface area (Å²) in [6.07, 6.45) is 1.54. The molecule has 0 spiro atoms. The van der Waals surface area contributed by atoms with Crippen molar-refractivity contribution in [3.8, 4) is 11.3 Å². The maximum Gasteiger partial charge on any atom is 0.273 e. The number of hydrogen-bond acceptors (Lipinski definition) is 3. The van der Waals surface area contributed by atoms with Gasteiger partial charge in [-0.25, -0.2) is 4.39 Å². The van der Waals surface area contributed by atoms with Crippen LogP contribution in [-0.2, 0) is 6.42 Å². The van der Waals surface area contributed by atoms with Crippen LogP contribution in [-0.4, -0.2) is 17.6 Å². The van der Waals surface area contributed by atoms with Crippen LogP contribution in [0.15, 0.2) is 65.2 Å². The second-order valence-corrected chi connectivity index (χ2v) is 5.43. The molecule has 0 saturated carbocycles. The molecule has 0 fully saturated rings. The molecule has 0 atom stereocenters. The molecule has 1 heterocycles. The van der Waals surface area contributed by atoms with Gasteiger partial charge >= 0.3 is 0 Å². The third-order valence-electron chi connectivity index (χ3n) is 3.64. The van der Waals surface area contributed by atoms with Crippen molar-refractivity contribution in [1.82, 2.24) is 10.5 Å². The van der Waals surface area contributed by atoms with Crippen LogP contribution in [0.25, 0.3) is 11.3 Å². The molecule has 1 aromatic heterocycles. The number of benzene rings is 2. The first-order valence-corrected chi connectivity index (χ1v) is 7.77. The van der Waals surface area contributed by atoms with Crippen LogP contribution in [0.4, 0.5) is 4.39 Å². The number of rotatable bonds is 6. The highest BCUT2D eigenvalue weighted by Crippen LogP contribution is 2.19. The van der Waals surface area contributed by atoms with Crippen LogP contribution in [0.5, 0.6) is 0 Å². The number of aromatic nitrogens is 1. The predicted molar refractivity (Wildman–Crippen MR) is 89.0 cm³/mol. The molecule has 0 aliphatic carbocycles. The molecule has 5 heteroatoms. The van der Waals surface area contributed by atoms with Gasteiger partial charge in [-0.15, -0.1) is 0 Å². The van der Waals surface area contributed by atoms with E-state index >= 15 is 0 Å². The van der Waals surface area contributed by atoms with E-state index in [1.165, 1.54) is 12.1 Å². The van der Waals surface area contributed by atoms with Crippen molar-refractivity contribution in [1.29, 1.82) is 0 Å². The SMILES string of the molecule is O=C(NCCCc1ccc(F)cc1)c1cc(-c2ccccc2)on1. The van der Waals surface area contributed by atoms with Gasteiger partial charge < -0.3 is 9.84 Å². The van der Waals surface area contributed by atoms with E-state index in [-0.39, 0.29) is 17.4 Å². The van der Waals surface area contributed by atoms with Crippen LogP contribution >= 0.6 is 0 Å². The zero-order valence-electron chi connectivity index (χ0n) is 13.0. The molecule has 0 saturated heterocycles. The van der Waals surface area contributed by atoms with Crippen LogP contribution in [0.1, 0.15) is 22.5 Å². The van der Waals surface area contributed by atoms with Gasteiger partial charge in [-0.2, -0.15) is 0 Å². The summed E-state index contributed by atoms with van der Waals surface area (Å²) in [4.78, 5) is 12.1. The maximum absolute atomic E-state index is 12.8. The van der Waals surface area contributed by atoms with Crippen molar-refractivity contribution < 1.29 is 13.7 Å². The Bertz CT molecular complexity index is 798. The number of amides is 1. The van der Waals surface area contributed by atoms with E-state index in [2.05, 4.69) is 10.5 Å². The topological polar surface area (TPSA) is 55.1 Å². The van der Waals surface area contributed by atoms with Gasteiger partial charge in [-0.1, -0.05) is 47.6 Å². The van der Waals surface area contributed by atoms with E-state index in [1.807, 2.05) is 30.3 Å². The molecule has 122 valence electrons. The van der Waals surface area contributed by atoms with Crippen molar-refractivity contribution in [2.24, 2.45) is 0 Å². The first-order chi connectivity index (χ1) is 11.7. The highest BCUT2D eigenvalue weighted by Gasteiger charge is 2.12. The smallest absolute Gasteiger partial charge is 0.273 e. The van der Waals surface area contributed by atoms with E-state index in [4.69, 9.17) is 4.52 Å². The Morgan fingerprint density at radius 3 is 2.58 bits per heavy atom. The standard InChI is InChI=1S/C19H17FN2O2/c20-16-10-8-14(9-11-16)5-4-12-21-19(23)17-13-18(24-22-17)15-6-2-1-3-7-15/h1-3,6-11,13H,4-5,12H2,(H,21,23). The van der Waals surface area contributed by atoms with Gasteiger partial charge in [0.25, 0.3) is 5.91 Å². The number of nitrogens with one attached hydrogen (secondary N) is 1. The van der Waals surface area contributed by atoms with Crippen molar-refractivity contribution in [2.45, 2.75) is 12.8 Å². The van der Waals surface area contributed by atoms with Crippen LogP contribution in [0, 0.1) is 5.82 Å². The van der Waals surface area contributed by atoms with Crippen molar-refractivity contribution >= 4 is 5.91 Å². The van der Waals surface area contributed by atoms with Crippen molar-refractivity contribution in [2.75, 3.05) is 6.54 Å². The first-order valence-electron chi connectivity index (χ1n) is 7.77. The summed E-state index contributed by atoms with van der Waals surface area (Å²) in [5.74, 6) is 0.0550. The van der Waals surface area contributed by atoms with E-state index in [0.717, 1.165) is 24.0 Å². The molecule has 0 bridgehead atoms. The molecule has 1 amide bonds. The Kier molecular flexibility index (Phi) is 5.01. The minimum absolute atomic E-state index is 0.243. The second kappa shape index (κ2) is 7.55. The third-order valence-corrected chi connectivity index (χ3v) is 3.64. The molecule has 4 nitrogen and oxygen atoms in total. The molecule has 3 rings (SSSR count). The van der Waals surface area contributed by atoms with Crippen LogP contribution < -0.4 is 5.32 Å². The lowest BCUT2D eigenvalue weighted by Crippen LogP contribution is -2.25. The van der Waals surface area contributed by atoms with Gasteiger partial charge in [0.15, 0.2) is 11.5 Å². The molecule has 0 radical (unpaired) electrons. The number of nitrogens with zero attached hydrogens (tertiary/aromatic N) is 1. The predicted octanol–water partition coefficient (Wildman–Crippen LogP) is 3.84. The van der Waals surface area contributed by atoms with Gasteiger partial charge in [0.2, 0.25) is 0 Å². The van der Waals surface area contributed by atoms with E-state index in [0.29, 0.717) is 12.3 Å². The lowest BCUT2D eigenvalue weighted by atomic mass is 10.1. The first kappa shape index (κ1) is 15.9. The van der Waals surface area contributed by atoms with E-state index in [9.17, 15) is 9.18 Å². The second-order valence-electron chi connectivity index (χ2n) is 5.43. The maximum atomic E-state index is 12.8. The van der Waals surface area contributed by atoms with E-state index < -0.39 is 0 Å². The molecule has 1 N–H and O–H groups in total. The van der Waals surface area contributed by atoms with E-state index in [1.54, 1.807) is 18.2 Å². The quantitative estimate of drug-likeness (QED) is 0.701. The summed E-state index contributed by atoms with van der Waals surface area (Å²) in [6, 6.07) is 17.5. The summed E-state index contributed by atoms with van der Waals surface area (Å²) in [5.41, 5.74) is 2.18. The summed E-state index contributed by atoms with van der Waals surface area (Å²) in [5, 5.41) is 6.62. The number of aryl methyl sites for hydroxylation is 1. The fraction of sp³-hybridized carbons (Fsp3) is 0.158. The normalized spacial score (nSPS) is 10.5. The van der Waals surface area contributed by atoms with Gasteiger partial charge in [-0.05, 0) is 30.5 Å². The number of carbonyl (C=O) groups excluding carboxylic acids is 1. The van der Waals surface area contributed by atoms with Gasteiger partial charge in [0.05, 0.1) is 0 Å². The summed E-state index contributed by atoms with van der Waals surface area (Å²) >= 11 is 0. The number of carbonyl (C=O) groups is 1. The Morgan fingerprint density at radius 1 is 1.08 bits per heavy atom. The molecule has 0 unspecified atom stereocenters. The van der Waals surface area contributed by atoms with Crippen molar-refractivity contribution in [3.05, 3.63) is 77.7 Å². The minimum Gasteiger partial charge on any atom is -0.355 e. The van der Waals surface area contributed by atoms with Gasteiger partial charge in [0, 0.05) is 18.2 Å². The molecule has 2 aromatic carbocycles. The Labute approximate surface area is 139 Å². The molecule has 0 aliphatic rings. The molecule has 24 heavy (non-hydrogen) atoms. The fourth-order valence-electron chi connectivity index (χ4n) is 2.36. The number of halogens is 1. The van der Waals surface area contributed by atoms with Gasteiger partial charge in [0.1, 0.15) is 5.82 Å². The molecular formula is C19H17FN2O2. The zero-order chi connectivity index (χ0) is 16.8. The highest BCUT2D eigenvalue weighted by atomic mass is 19.1. The lowest BCUT2D eigenvalue weighted by molar-refractivity contribution is 0.0944. The number of hydrogen-bond donors (Lipinski definition) is 1. The monoisotopic (exact) mass is 324 g/mol. The molecule has 3 aromatic rings. The van der Waals surface area contributed by atoms with Gasteiger partial charge in [-0.3, -0.25) is 4.79 Å². The Balaban J connectivity index is 1.49. The highest BCUT2D eigenvalue weighted by molar-refractivity contribution is 5.93. The summed E-state index contributed by atoms with van der Waals surface area (Å²) < 4.78 is 18.0. The summed E-state index contributed by atoms with van der Waals surface area (Å²) in [7, 11) is 0. The summed E-state index contributed by atoms with van der Waals surface area (Å²) in [6.45, 7) is 0.518. The zero-order valence-corrected chi connectivity index (χ0v) is 13.0. The average Bonchev–Trinajstić information content (AvgIpc) is 3.11. The molecule has 0 aliphatic heterocycles. The Hall–Kier alpha value is -2.95. The average molecular weight is 324 g/mol. The fourth-order valence-corrected chi connectivity index (χ4v) is 2.36. The molecular weight excluding hydrogens is 307 g/mol. The third kappa shape index (κ3) is 4.07. The van der Waals surface area contributed by atoms with Crippen LogP contribution in [0.3, 0.4) is 0 Å². The Morgan fingerprint density at radius 2 is 1.83 bits per heavy atom. The van der Waals surface area contributed by atoms with Crippen LogP contribution in [0.2, 0.25) is 0 Å². The largest absolute Gasteiger partial charge is 0.355 e. The lowest BCUT2D eigenvalue weighted by Gasteiger charge is -2.03. The van der Waals surface area contributed by atoms with Crippen molar-refractivity contribution in [3.63, 3.8) is 0 Å². The minimum atomic E-state index is -0.264.